The van der Waals surface area contributed by atoms with Crippen LogP contribution in [0.15, 0.2) is 60.9 Å². The molecule has 0 saturated carbocycles. The standard InChI is InChI=1S/C20H17F2N3O2/c1-2-27-19-6-4-3-5-18(19)25-20(26)13-9-15(12-23-11-13)24-17-8-7-14(21)10-16(17)22/h3-12,24H,2H2,1H3,(H,25,26). The molecule has 0 radical (unpaired) electrons. The van der Waals surface area contributed by atoms with Gasteiger partial charge in [0.1, 0.15) is 17.4 Å². The summed E-state index contributed by atoms with van der Waals surface area (Å²) in [5.74, 6) is -1.24. The van der Waals surface area contributed by atoms with Crippen molar-refractivity contribution < 1.29 is 18.3 Å². The molecule has 2 aromatic carbocycles. The van der Waals surface area contributed by atoms with Gasteiger partial charge in [-0.05, 0) is 37.3 Å². The Morgan fingerprint density at radius 2 is 1.89 bits per heavy atom. The molecule has 2 N–H and O–H groups in total. The number of carbonyl (C=O) groups is 1. The smallest absolute Gasteiger partial charge is 0.257 e. The van der Waals surface area contributed by atoms with Gasteiger partial charge in [-0.1, -0.05) is 12.1 Å². The fraction of sp³-hybridized carbons (Fsp3) is 0.100. The Hall–Kier alpha value is -3.48. The molecular formula is C20H17F2N3O2. The molecule has 5 nitrogen and oxygen atoms in total. The molecule has 0 unspecified atom stereocenters. The largest absolute Gasteiger partial charge is 0.492 e. The summed E-state index contributed by atoms with van der Waals surface area (Å²) < 4.78 is 32.3. The van der Waals surface area contributed by atoms with E-state index in [-0.39, 0.29) is 11.3 Å². The van der Waals surface area contributed by atoms with E-state index in [1.165, 1.54) is 24.5 Å². The minimum atomic E-state index is -0.740. The first-order chi connectivity index (χ1) is 13.1. The van der Waals surface area contributed by atoms with Gasteiger partial charge >= 0.3 is 0 Å². The average Bonchev–Trinajstić information content (AvgIpc) is 2.66. The topological polar surface area (TPSA) is 63.2 Å². The minimum Gasteiger partial charge on any atom is -0.492 e. The summed E-state index contributed by atoms with van der Waals surface area (Å²) in [5.41, 5.74) is 1.28. The molecule has 0 aliphatic carbocycles. The van der Waals surface area contributed by atoms with Crippen molar-refractivity contribution in [2.75, 3.05) is 17.2 Å². The van der Waals surface area contributed by atoms with Crippen molar-refractivity contribution in [3.63, 3.8) is 0 Å². The zero-order valence-corrected chi connectivity index (χ0v) is 14.5. The van der Waals surface area contributed by atoms with Crippen LogP contribution in [0.25, 0.3) is 0 Å². The van der Waals surface area contributed by atoms with Gasteiger partial charge in [-0.2, -0.15) is 0 Å². The second-order valence-electron chi connectivity index (χ2n) is 5.59. The van der Waals surface area contributed by atoms with Crippen molar-refractivity contribution in [3.8, 4) is 5.75 Å². The fourth-order valence-corrected chi connectivity index (χ4v) is 2.42. The van der Waals surface area contributed by atoms with Gasteiger partial charge in [0.05, 0.1) is 35.4 Å². The third-order valence-corrected chi connectivity index (χ3v) is 3.65. The van der Waals surface area contributed by atoms with E-state index in [1.54, 1.807) is 18.2 Å². The Morgan fingerprint density at radius 1 is 1.07 bits per heavy atom. The molecule has 0 spiro atoms. The summed E-state index contributed by atoms with van der Waals surface area (Å²) in [6.07, 6.45) is 2.83. The van der Waals surface area contributed by atoms with E-state index in [4.69, 9.17) is 4.74 Å². The Bertz CT molecular complexity index is 963. The number of carbonyl (C=O) groups excluding carboxylic acids is 1. The monoisotopic (exact) mass is 369 g/mol. The first-order valence-electron chi connectivity index (χ1n) is 8.27. The molecule has 3 rings (SSSR count). The number of amides is 1. The van der Waals surface area contributed by atoms with Crippen molar-refractivity contribution in [1.82, 2.24) is 4.98 Å². The maximum atomic E-state index is 13.8. The number of pyridine rings is 1. The molecule has 0 atom stereocenters. The lowest BCUT2D eigenvalue weighted by Gasteiger charge is -2.12. The molecule has 0 bridgehead atoms. The Morgan fingerprint density at radius 3 is 2.67 bits per heavy atom. The normalized spacial score (nSPS) is 10.3. The molecule has 0 fully saturated rings. The number of anilines is 3. The first-order valence-corrected chi connectivity index (χ1v) is 8.27. The van der Waals surface area contributed by atoms with E-state index >= 15 is 0 Å². The van der Waals surface area contributed by atoms with Gasteiger partial charge in [0.25, 0.3) is 5.91 Å². The second-order valence-corrected chi connectivity index (χ2v) is 5.59. The predicted octanol–water partition coefficient (Wildman–Crippen LogP) is 4.75. The SMILES string of the molecule is CCOc1ccccc1NC(=O)c1cncc(Nc2ccc(F)cc2F)c1. The van der Waals surface area contributed by atoms with Crippen molar-refractivity contribution in [2.45, 2.75) is 6.92 Å². The summed E-state index contributed by atoms with van der Waals surface area (Å²) in [7, 11) is 0. The van der Waals surface area contributed by atoms with Crippen molar-refractivity contribution >= 4 is 23.0 Å². The van der Waals surface area contributed by atoms with E-state index in [0.29, 0.717) is 23.7 Å². The van der Waals surface area contributed by atoms with Crippen LogP contribution in [0.2, 0.25) is 0 Å². The van der Waals surface area contributed by atoms with Crippen molar-refractivity contribution in [3.05, 3.63) is 78.1 Å². The number of hydrogen-bond acceptors (Lipinski definition) is 4. The number of ether oxygens (including phenoxy) is 1. The van der Waals surface area contributed by atoms with Gasteiger partial charge in [-0.15, -0.1) is 0 Å². The summed E-state index contributed by atoms with van der Waals surface area (Å²) >= 11 is 0. The minimum absolute atomic E-state index is 0.0810. The number of rotatable bonds is 6. The number of aromatic nitrogens is 1. The molecule has 7 heteroatoms. The first kappa shape index (κ1) is 18.3. The van der Waals surface area contributed by atoms with Crippen LogP contribution in [0.1, 0.15) is 17.3 Å². The molecule has 0 aliphatic heterocycles. The lowest BCUT2D eigenvalue weighted by atomic mass is 10.2. The van der Waals surface area contributed by atoms with Gasteiger partial charge in [0.2, 0.25) is 0 Å². The van der Waals surface area contributed by atoms with Crippen LogP contribution in [0.5, 0.6) is 5.75 Å². The van der Waals surface area contributed by atoms with Gasteiger partial charge in [-0.3, -0.25) is 9.78 Å². The van der Waals surface area contributed by atoms with E-state index in [2.05, 4.69) is 15.6 Å². The number of nitrogens with zero attached hydrogens (tertiary/aromatic N) is 1. The van der Waals surface area contributed by atoms with E-state index in [9.17, 15) is 13.6 Å². The van der Waals surface area contributed by atoms with E-state index < -0.39 is 17.5 Å². The van der Waals surface area contributed by atoms with E-state index in [1.807, 2.05) is 13.0 Å². The number of hydrogen-bond donors (Lipinski definition) is 2. The molecule has 138 valence electrons. The molecule has 1 amide bonds. The lowest BCUT2D eigenvalue weighted by molar-refractivity contribution is 0.102. The van der Waals surface area contributed by atoms with Crippen LogP contribution in [-0.4, -0.2) is 17.5 Å². The van der Waals surface area contributed by atoms with E-state index in [0.717, 1.165) is 12.1 Å². The maximum absolute atomic E-state index is 13.8. The second kappa shape index (κ2) is 8.27. The zero-order valence-electron chi connectivity index (χ0n) is 14.5. The Balaban J connectivity index is 1.78. The summed E-state index contributed by atoms with van der Waals surface area (Å²) in [6.45, 7) is 2.32. The molecule has 3 aromatic rings. The van der Waals surface area contributed by atoms with Crippen molar-refractivity contribution in [1.29, 1.82) is 0 Å². The Labute approximate surface area is 155 Å². The molecular weight excluding hydrogens is 352 g/mol. The summed E-state index contributed by atoms with van der Waals surface area (Å²) in [5, 5.41) is 5.55. The zero-order chi connectivity index (χ0) is 19.2. The van der Waals surface area contributed by atoms with Crippen molar-refractivity contribution in [2.24, 2.45) is 0 Å². The molecule has 1 heterocycles. The third-order valence-electron chi connectivity index (χ3n) is 3.65. The highest BCUT2D eigenvalue weighted by Gasteiger charge is 2.11. The van der Waals surface area contributed by atoms with Crippen LogP contribution in [0.3, 0.4) is 0 Å². The lowest BCUT2D eigenvalue weighted by Crippen LogP contribution is -2.13. The average molecular weight is 369 g/mol. The number of halogens is 2. The third kappa shape index (κ3) is 4.58. The molecule has 0 saturated heterocycles. The number of benzene rings is 2. The molecule has 0 aliphatic rings. The van der Waals surface area contributed by atoms with Gasteiger partial charge in [0, 0.05) is 12.3 Å². The van der Waals surface area contributed by atoms with Gasteiger partial charge < -0.3 is 15.4 Å². The van der Waals surface area contributed by atoms with Crippen LogP contribution >= 0.6 is 0 Å². The summed E-state index contributed by atoms with van der Waals surface area (Å²) in [4.78, 5) is 16.5. The Kier molecular flexibility index (Phi) is 5.61. The predicted molar refractivity (Wildman–Crippen MR) is 99.4 cm³/mol. The quantitative estimate of drug-likeness (QED) is 0.658. The summed E-state index contributed by atoms with van der Waals surface area (Å²) in [6, 6.07) is 11.8. The maximum Gasteiger partial charge on any atom is 0.257 e. The molecule has 27 heavy (non-hydrogen) atoms. The van der Waals surface area contributed by atoms with Crippen LogP contribution in [0, 0.1) is 11.6 Å². The highest BCUT2D eigenvalue weighted by molar-refractivity contribution is 6.05. The van der Waals surface area contributed by atoms with Crippen LogP contribution in [0.4, 0.5) is 25.8 Å². The van der Waals surface area contributed by atoms with Gasteiger partial charge in [-0.25, -0.2) is 8.78 Å². The number of para-hydroxylation sites is 2. The van der Waals surface area contributed by atoms with Gasteiger partial charge in [0.15, 0.2) is 0 Å². The highest BCUT2D eigenvalue weighted by atomic mass is 19.1. The fourth-order valence-electron chi connectivity index (χ4n) is 2.42. The van der Waals surface area contributed by atoms with Crippen LogP contribution in [-0.2, 0) is 0 Å². The highest BCUT2D eigenvalue weighted by Crippen LogP contribution is 2.25. The van der Waals surface area contributed by atoms with Crippen LogP contribution < -0.4 is 15.4 Å². The molecule has 1 aromatic heterocycles. The number of nitrogens with one attached hydrogen (secondary N) is 2.